The molecule has 19 heavy (non-hydrogen) atoms. The number of aromatic carboxylic acids is 1. The molecule has 1 aliphatic rings. The van der Waals surface area contributed by atoms with E-state index < -0.39 is 35.1 Å². The number of aliphatic carboxylic acids is 1. The van der Waals surface area contributed by atoms with Crippen LogP contribution in [0.25, 0.3) is 0 Å². The number of benzene rings is 1. The van der Waals surface area contributed by atoms with Crippen molar-refractivity contribution in [1.29, 1.82) is 0 Å². The smallest absolute Gasteiger partial charge is 0.335 e. The molecule has 1 fully saturated rings. The van der Waals surface area contributed by atoms with Gasteiger partial charge >= 0.3 is 11.9 Å². The van der Waals surface area contributed by atoms with Crippen molar-refractivity contribution < 1.29 is 28.6 Å². The van der Waals surface area contributed by atoms with E-state index in [1.54, 1.807) is 0 Å². The van der Waals surface area contributed by atoms with Crippen molar-refractivity contribution in [3.05, 3.63) is 34.9 Å². The van der Waals surface area contributed by atoms with E-state index in [0.29, 0.717) is 0 Å². The second kappa shape index (κ2) is 4.95. The minimum atomic E-state index is -1.43. The minimum Gasteiger partial charge on any atom is -0.481 e. The van der Waals surface area contributed by atoms with Gasteiger partial charge < -0.3 is 10.2 Å². The Morgan fingerprint density at radius 2 is 1.74 bits per heavy atom. The lowest BCUT2D eigenvalue weighted by Gasteiger charge is -2.16. The van der Waals surface area contributed by atoms with E-state index in [9.17, 15) is 18.4 Å². The highest BCUT2D eigenvalue weighted by atomic mass is 19.1. The van der Waals surface area contributed by atoms with Gasteiger partial charge in [-0.3, -0.25) is 4.79 Å². The van der Waals surface area contributed by atoms with Gasteiger partial charge in [0.25, 0.3) is 0 Å². The number of rotatable bonds is 5. The molecule has 0 saturated heterocycles. The topological polar surface area (TPSA) is 74.6 Å². The number of carboxylic acid groups (broad SMARTS) is 2. The van der Waals surface area contributed by atoms with Gasteiger partial charge in [-0.25, -0.2) is 13.6 Å². The molecule has 1 saturated carbocycles. The maximum Gasteiger partial charge on any atom is 0.335 e. The van der Waals surface area contributed by atoms with Crippen LogP contribution in [-0.2, 0) is 4.79 Å². The summed E-state index contributed by atoms with van der Waals surface area (Å²) in [7, 11) is 0. The van der Waals surface area contributed by atoms with Crippen molar-refractivity contribution >= 4 is 11.9 Å². The van der Waals surface area contributed by atoms with Gasteiger partial charge in [-0.15, -0.1) is 0 Å². The third-order valence-electron chi connectivity index (χ3n) is 3.28. The first-order valence-electron chi connectivity index (χ1n) is 5.84. The predicted octanol–water partition coefficient (Wildman–Crippen LogP) is 2.63. The van der Waals surface area contributed by atoms with Gasteiger partial charge in [0.2, 0.25) is 0 Å². The van der Waals surface area contributed by atoms with Crippen molar-refractivity contribution in [3.8, 4) is 0 Å². The van der Waals surface area contributed by atoms with E-state index in [-0.39, 0.29) is 17.9 Å². The summed E-state index contributed by atoms with van der Waals surface area (Å²) in [6.45, 7) is 0. The zero-order valence-corrected chi connectivity index (χ0v) is 9.90. The SMILES string of the molecule is O=C(O)CC(c1c(F)cc(C(=O)O)cc1F)C1CC1. The molecule has 102 valence electrons. The van der Waals surface area contributed by atoms with Gasteiger partial charge in [0, 0.05) is 11.5 Å². The summed E-state index contributed by atoms with van der Waals surface area (Å²) >= 11 is 0. The van der Waals surface area contributed by atoms with Crippen LogP contribution in [0.2, 0.25) is 0 Å². The third-order valence-corrected chi connectivity index (χ3v) is 3.28. The molecular formula is C13H12F2O4. The Kier molecular flexibility index (Phi) is 3.50. The van der Waals surface area contributed by atoms with Crippen LogP contribution in [0.15, 0.2) is 12.1 Å². The third kappa shape index (κ3) is 2.89. The molecule has 0 bridgehead atoms. The van der Waals surface area contributed by atoms with Crippen LogP contribution in [0.5, 0.6) is 0 Å². The van der Waals surface area contributed by atoms with Crippen molar-refractivity contribution in [2.24, 2.45) is 5.92 Å². The van der Waals surface area contributed by atoms with E-state index in [0.717, 1.165) is 25.0 Å². The molecular weight excluding hydrogens is 258 g/mol. The Balaban J connectivity index is 2.42. The molecule has 1 aromatic rings. The molecule has 1 unspecified atom stereocenters. The Labute approximate surface area is 107 Å². The molecule has 4 nitrogen and oxygen atoms in total. The van der Waals surface area contributed by atoms with Crippen LogP contribution in [0.3, 0.4) is 0 Å². The van der Waals surface area contributed by atoms with E-state index in [1.165, 1.54) is 0 Å². The largest absolute Gasteiger partial charge is 0.481 e. The molecule has 0 heterocycles. The summed E-state index contributed by atoms with van der Waals surface area (Å²) in [6, 6.07) is 1.47. The summed E-state index contributed by atoms with van der Waals surface area (Å²) in [5, 5.41) is 17.5. The van der Waals surface area contributed by atoms with E-state index in [1.807, 2.05) is 0 Å². The van der Waals surface area contributed by atoms with E-state index >= 15 is 0 Å². The van der Waals surface area contributed by atoms with Crippen LogP contribution < -0.4 is 0 Å². The van der Waals surface area contributed by atoms with Crippen LogP contribution in [0.1, 0.15) is 41.1 Å². The molecule has 6 heteroatoms. The number of carboxylic acids is 2. The van der Waals surface area contributed by atoms with Crippen LogP contribution >= 0.6 is 0 Å². The number of carbonyl (C=O) groups is 2. The van der Waals surface area contributed by atoms with Gasteiger partial charge in [-0.2, -0.15) is 0 Å². The van der Waals surface area contributed by atoms with Crippen molar-refractivity contribution in [1.82, 2.24) is 0 Å². The van der Waals surface area contributed by atoms with Crippen LogP contribution in [-0.4, -0.2) is 22.2 Å². The van der Waals surface area contributed by atoms with Gasteiger partial charge in [0.1, 0.15) is 11.6 Å². The summed E-state index contributed by atoms with van der Waals surface area (Å²) in [6.07, 6.45) is 1.11. The highest BCUT2D eigenvalue weighted by Gasteiger charge is 2.37. The summed E-state index contributed by atoms with van der Waals surface area (Å²) in [5.74, 6) is -5.31. The van der Waals surface area contributed by atoms with Crippen molar-refractivity contribution in [2.45, 2.75) is 25.2 Å². The van der Waals surface area contributed by atoms with Crippen LogP contribution in [0.4, 0.5) is 8.78 Å². The zero-order valence-electron chi connectivity index (χ0n) is 9.90. The lowest BCUT2D eigenvalue weighted by Crippen LogP contribution is -2.13. The number of hydrogen-bond acceptors (Lipinski definition) is 2. The normalized spacial score (nSPS) is 16.1. The molecule has 0 radical (unpaired) electrons. The highest BCUT2D eigenvalue weighted by molar-refractivity contribution is 5.87. The molecule has 0 aromatic heterocycles. The quantitative estimate of drug-likeness (QED) is 0.862. The predicted molar refractivity (Wildman–Crippen MR) is 61.0 cm³/mol. The second-order valence-corrected chi connectivity index (χ2v) is 4.70. The molecule has 0 aliphatic heterocycles. The Hall–Kier alpha value is -1.98. The monoisotopic (exact) mass is 270 g/mol. The van der Waals surface area contributed by atoms with Gasteiger partial charge in [0.05, 0.1) is 12.0 Å². The Bertz CT molecular complexity index is 514. The summed E-state index contributed by atoms with van der Waals surface area (Å²) < 4.78 is 27.7. The molecule has 1 aliphatic carbocycles. The van der Waals surface area contributed by atoms with E-state index in [4.69, 9.17) is 10.2 Å². The summed E-state index contributed by atoms with van der Waals surface area (Å²) in [5.41, 5.74) is -0.793. The van der Waals surface area contributed by atoms with Crippen molar-refractivity contribution in [2.75, 3.05) is 0 Å². The number of halogens is 2. The lowest BCUT2D eigenvalue weighted by atomic mass is 9.89. The Morgan fingerprint density at radius 1 is 1.21 bits per heavy atom. The fourth-order valence-corrected chi connectivity index (χ4v) is 2.25. The first-order valence-corrected chi connectivity index (χ1v) is 5.84. The molecule has 2 rings (SSSR count). The van der Waals surface area contributed by atoms with Gasteiger partial charge in [-0.05, 0) is 30.9 Å². The second-order valence-electron chi connectivity index (χ2n) is 4.70. The standard InChI is InChI=1S/C13H12F2O4/c14-9-3-7(13(18)19)4-10(15)12(9)8(5-11(16)17)6-1-2-6/h3-4,6,8H,1-2,5H2,(H,16,17)(H,18,19). The molecule has 0 amide bonds. The number of hydrogen-bond donors (Lipinski definition) is 2. The molecule has 1 aromatic carbocycles. The fraction of sp³-hybridized carbons (Fsp3) is 0.385. The molecule has 1 atom stereocenters. The van der Waals surface area contributed by atoms with Crippen molar-refractivity contribution in [3.63, 3.8) is 0 Å². The average Bonchev–Trinajstić information content (AvgIpc) is 3.09. The summed E-state index contributed by atoms with van der Waals surface area (Å²) in [4.78, 5) is 21.5. The van der Waals surface area contributed by atoms with Crippen LogP contribution in [0, 0.1) is 17.6 Å². The maximum atomic E-state index is 13.9. The Morgan fingerprint density at radius 3 is 2.11 bits per heavy atom. The first-order chi connectivity index (χ1) is 8.90. The minimum absolute atomic E-state index is 0.0456. The highest BCUT2D eigenvalue weighted by Crippen LogP contribution is 2.46. The fourth-order valence-electron chi connectivity index (χ4n) is 2.25. The van der Waals surface area contributed by atoms with E-state index in [2.05, 4.69) is 0 Å². The lowest BCUT2D eigenvalue weighted by molar-refractivity contribution is -0.137. The molecule has 0 spiro atoms. The maximum absolute atomic E-state index is 13.9. The zero-order chi connectivity index (χ0) is 14.2. The van der Waals surface area contributed by atoms with Gasteiger partial charge in [-0.1, -0.05) is 0 Å². The molecule has 2 N–H and O–H groups in total. The van der Waals surface area contributed by atoms with Gasteiger partial charge in [0.15, 0.2) is 0 Å². The first kappa shape index (κ1) is 13.5. The average molecular weight is 270 g/mol.